The smallest absolute Gasteiger partial charge is 0.305 e. The van der Waals surface area contributed by atoms with Gasteiger partial charge in [0.1, 0.15) is 0 Å². The van der Waals surface area contributed by atoms with Gasteiger partial charge in [-0.3, -0.25) is 0 Å². The second kappa shape index (κ2) is 5.37. The molecule has 6 heteroatoms. The lowest BCUT2D eigenvalue weighted by Gasteiger charge is -1.84. The Kier molecular flexibility index (Phi) is 4.42. The fraction of sp³-hybridized carbons (Fsp3) is 0.250. The summed E-state index contributed by atoms with van der Waals surface area (Å²) in [6.45, 7) is -0.491. The van der Waals surface area contributed by atoms with Gasteiger partial charge in [-0.25, -0.2) is 14.4 Å². The Labute approximate surface area is 55.2 Å². The molecule has 0 unspecified atom stereocenters. The van der Waals surface area contributed by atoms with Crippen LogP contribution in [-0.4, -0.2) is 24.7 Å². The summed E-state index contributed by atoms with van der Waals surface area (Å²) in [6, 6.07) is 0. The average Bonchev–Trinajstić information content (AvgIpc) is 1.97. The number of hydrogen-bond donors (Lipinski definition) is 0. The molecule has 0 radical (unpaired) electrons. The highest BCUT2D eigenvalue weighted by atomic mass is 16.7. The predicted octanol–water partition coefficient (Wildman–Crippen LogP) is -0.884. The molecule has 0 amide bonds. The second-order valence-corrected chi connectivity index (χ2v) is 1.05. The molecule has 0 aliphatic heterocycles. The normalized spacial score (nSPS) is 6.80. The van der Waals surface area contributed by atoms with Crippen LogP contribution < -0.4 is 0 Å². The van der Waals surface area contributed by atoms with Crippen LogP contribution in [0.15, 0.2) is 10.1 Å². The Morgan fingerprint density at radius 2 is 2.10 bits per heavy atom. The van der Waals surface area contributed by atoms with E-state index in [9.17, 15) is 14.4 Å². The van der Waals surface area contributed by atoms with Gasteiger partial charge in [-0.05, 0) is 0 Å². The van der Waals surface area contributed by atoms with Crippen molar-refractivity contribution < 1.29 is 19.2 Å². The SMILES string of the molecule is O=C=NCC(=O)ON=C=O. The molecule has 0 aliphatic carbocycles. The number of carbonyl (C=O) groups excluding carboxylic acids is 3. The fourth-order valence-corrected chi connectivity index (χ4v) is 0.195. The van der Waals surface area contributed by atoms with Crippen molar-refractivity contribution in [3.05, 3.63) is 0 Å². The quantitative estimate of drug-likeness (QED) is 0.221. The summed E-state index contributed by atoms with van der Waals surface area (Å²) < 4.78 is 0. The number of nitrogens with zero attached hydrogens (tertiary/aromatic N) is 2. The number of carbonyl (C=O) groups is 1. The summed E-state index contributed by atoms with van der Waals surface area (Å²) in [5.41, 5.74) is 0. The van der Waals surface area contributed by atoms with Gasteiger partial charge < -0.3 is 4.84 Å². The highest BCUT2D eigenvalue weighted by molar-refractivity contribution is 5.72. The number of aliphatic imine (C=N–C) groups is 1. The summed E-state index contributed by atoms with van der Waals surface area (Å²) in [5.74, 6) is -0.910. The van der Waals surface area contributed by atoms with E-state index in [0.717, 1.165) is 12.2 Å². The third-order valence-electron chi connectivity index (χ3n) is 0.457. The largest absolute Gasteiger partial charge is 0.358 e. The molecule has 10 heavy (non-hydrogen) atoms. The third-order valence-corrected chi connectivity index (χ3v) is 0.457. The van der Waals surface area contributed by atoms with Crippen LogP contribution in [0.5, 0.6) is 0 Å². The lowest BCUT2D eigenvalue weighted by atomic mass is 10.7. The fourth-order valence-electron chi connectivity index (χ4n) is 0.195. The van der Waals surface area contributed by atoms with Crippen LogP contribution in [0.1, 0.15) is 0 Å². The maximum Gasteiger partial charge on any atom is 0.358 e. The minimum Gasteiger partial charge on any atom is -0.305 e. The zero-order chi connectivity index (χ0) is 7.82. The van der Waals surface area contributed by atoms with Gasteiger partial charge in [-0.1, -0.05) is 0 Å². The molecule has 0 rings (SSSR count). The first-order chi connectivity index (χ1) is 4.81. The first kappa shape index (κ1) is 8.23. The lowest BCUT2D eigenvalue weighted by Crippen LogP contribution is -2.02. The van der Waals surface area contributed by atoms with E-state index in [0.29, 0.717) is 0 Å². The van der Waals surface area contributed by atoms with Gasteiger partial charge >= 0.3 is 5.97 Å². The number of hydrogen-bond acceptors (Lipinski definition) is 6. The van der Waals surface area contributed by atoms with Crippen molar-refractivity contribution in [2.75, 3.05) is 6.54 Å². The van der Waals surface area contributed by atoms with Crippen molar-refractivity contribution in [1.82, 2.24) is 0 Å². The summed E-state index contributed by atoms with van der Waals surface area (Å²) in [4.78, 5) is 35.5. The van der Waals surface area contributed by atoms with Crippen molar-refractivity contribution in [2.45, 2.75) is 0 Å². The van der Waals surface area contributed by atoms with E-state index in [1.54, 1.807) is 0 Å². The van der Waals surface area contributed by atoms with Crippen molar-refractivity contribution >= 4 is 18.1 Å². The van der Waals surface area contributed by atoms with Crippen molar-refractivity contribution in [1.29, 1.82) is 0 Å². The molecule has 0 saturated carbocycles. The van der Waals surface area contributed by atoms with Crippen LogP contribution in [0.25, 0.3) is 0 Å². The first-order valence-corrected chi connectivity index (χ1v) is 2.12. The zero-order valence-corrected chi connectivity index (χ0v) is 4.73. The summed E-state index contributed by atoms with van der Waals surface area (Å²) >= 11 is 0. The van der Waals surface area contributed by atoms with E-state index in [-0.39, 0.29) is 0 Å². The van der Waals surface area contributed by atoms with E-state index in [2.05, 4.69) is 15.0 Å². The molecule has 0 aliphatic rings. The number of isocyanates is 2. The second-order valence-electron chi connectivity index (χ2n) is 1.05. The van der Waals surface area contributed by atoms with Crippen LogP contribution in [0.3, 0.4) is 0 Å². The molecule has 0 atom stereocenters. The highest BCUT2D eigenvalue weighted by Crippen LogP contribution is 1.77. The van der Waals surface area contributed by atoms with Crippen molar-refractivity contribution in [3.63, 3.8) is 0 Å². The van der Waals surface area contributed by atoms with Gasteiger partial charge in [-0.15, -0.1) is 0 Å². The van der Waals surface area contributed by atoms with Crippen LogP contribution in [0.2, 0.25) is 0 Å². The van der Waals surface area contributed by atoms with Crippen molar-refractivity contribution in [2.24, 2.45) is 10.1 Å². The molecule has 0 saturated heterocycles. The van der Waals surface area contributed by atoms with Crippen LogP contribution in [0.4, 0.5) is 0 Å². The minimum absolute atomic E-state index is 0.491. The van der Waals surface area contributed by atoms with E-state index in [4.69, 9.17) is 0 Å². The monoisotopic (exact) mass is 142 g/mol. The zero-order valence-electron chi connectivity index (χ0n) is 4.73. The molecule has 52 valence electrons. The molecule has 0 aromatic carbocycles. The molecule has 0 aromatic heterocycles. The molecule has 6 nitrogen and oxygen atoms in total. The van der Waals surface area contributed by atoms with E-state index >= 15 is 0 Å². The minimum atomic E-state index is -0.910. The third kappa shape index (κ3) is 4.39. The molecular weight excluding hydrogens is 140 g/mol. The van der Waals surface area contributed by atoms with Gasteiger partial charge in [0.05, 0.1) is 0 Å². The Hall–Kier alpha value is -1.77. The van der Waals surface area contributed by atoms with E-state index in [1.165, 1.54) is 0 Å². The maximum atomic E-state index is 10.2. The van der Waals surface area contributed by atoms with Crippen molar-refractivity contribution in [3.8, 4) is 0 Å². The maximum absolute atomic E-state index is 10.2. The summed E-state index contributed by atoms with van der Waals surface area (Å²) in [7, 11) is 0. The molecule has 0 heterocycles. The van der Waals surface area contributed by atoms with Gasteiger partial charge in [0, 0.05) is 5.16 Å². The Morgan fingerprint density at radius 1 is 1.40 bits per heavy atom. The van der Waals surface area contributed by atoms with Crippen LogP contribution in [0, 0.1) is 0 Å². The standard InChI is InChI=1S/C4H2N2O4/c7-2-5-1-4(9)10-6-3-8/h1H2. The first-order valence-electron chi connectivity index (χ1n) is 2.12. The van der Waals surface area contributed by atoms with Gasteiger partial charge in [0.2, 0.25) is 6.08 Å². The molecule has 0 bridgehead atoms. The number of rotatable bonds is 3. The summed E-state index contributed by atoms with van der Waals surface area (Å²) in [6.07, 6.45) is 2.08. The van der Waals surface area contributed by atoms with E-state index < -0.39 is 12.5 Å². The average molecular weight is 142 g/mol. The van der Waals surface area contributed by atoms with Gasteiger partial charge in [0.25, 0.3) is 6.08 Å². The Bertz CT molecular complexity index is 189. The molecule has 0 N–H and O–H groups in total. The molecular formula is C4H2N2O4. The Morgan fingerprint density at radius 3 is 2.60 bits per heavy atom. The topological polar surface area (TPSA) is 85.2 Å². The molecule has 0 spiro atoms. The molecule has 0 fully saturated rings. The molecule has 0 aromatic rings. The van der Waals surface area contributed by atoms with E-state index in [1.807, 2.05) is 0 Å². The lowest BCUT2D eigenvalue weighted by molar-refractivity contribution is -0.141. The summed E-state index contributed by atoms with van der Waals surface area (Å²) in [5, 5.41) is 2.48. The highest BCUT2D eigenvalue weighted by Gasteiger charge is 1.97. The van der Waals surface area contributed by atoms with Gasteiger partial charge in [0.15, 0.2) is 6.54 Å². The van der Waals surface area contributed by atoms with Crippen LogP contribution >= 0.6 is 0 Å². The van der Waals surface area contributed by atoms with Gasteiger partial charge in [-0.2, -0.15) is 4.99 Å². The predicted molar refractivity (Wildman–Crippen MR) is 27.2 cm³/mol. The van der Waals surface area contributed by atoms with Crippen LogP contribution in [-0.2, 0) is 19.2 Å². The Balaban J connectivity index is 3.63.